The van der Waals surface area contributed by atoms with E-state index in [0.717, 1.165) is 12.3 Å². The molecule has 0 aromatic carbocycles. The first-order valence-corrected chi connectivity index (χ1v) is 3.97. The highest BCUT2D eigenvalue weighted by molar-refractivity contribution is 5.80. The van der Waals surface area contributed by atoms with E-state index in [1.807, 2.05) is 0 Å². The zero-order valence-corrected chi connectivity index (χ0v) is 7.17. The molecule has 1 rings (SSSR count). The fourth-order valence-electron chi connectivity index (χ4n) is 0.960. The fraction of sp³-hybridized carbons (Fsp3) is 0.444. The van der Waals surface area contributed by atoms with Crippen molar-refractivity contribution in [1.29, 1.82) is 0 Å². The van der Waals surface area contributed by atoms with E-state index < -0.39 is 11.7 Å². The molecule has 0 N–H and O–H groups in total. The Morgan fingerprint density at radius 2 is 2.15 bits per heavy atom. The lowest BCUT2D eigenvalue weighted by atomic mass is 10.1. The SMILES string of the molecule is CC1C=CC/C=C(C(F)(F)F)\C=N/1. The standard InChI is InChI=1S/C9H10F3N/c1-7-4-2-3-5-8(6-13-7)9(10,11)12/h2,4-7H,3H2,1H3/b4-2?,8-5+,13-6-. The number of allylic oxidation sites excluding steroid dienone is 3. The van der Waals surface area contributed by atoms with Crippen LogP contribution in [0.5, 0.6) is 0 Å². The molecule has 0 spiro atoms. The molecule has 1 aliphatic rings. The van der Waals surface area contributed by atoms with Gasteiger partial charge in [0.25, 0.3) is 0 Å². The van der Waals surface area contributed by atoms with Crippen molar-refractivity contribution < 1.29 is 13.2 Å². The van der Waals surface area contributed by atoms with Gasteiger partial charge in [-0.2, -0.15) is 13.2 Å². The second-order valence-corrected chi connectivity index (χ2v) is 2.84. The van der Waals surface area contributed by atoms with Crippen molar-refractivity contribution in [1.82, 2.24) is 0 Å². The van der Waals surface area contributed by atoms with E-state index in [0.29, 0.717) is 6.42 Å². The Hall–Kier alpha value is -1.06. The minimum absolute atomic E-state index is 0.175. The third-order valence-corrected chi connectivity index (χ3v) is 1.66. The summed E-state index contributed by atoms with van der Waals surface area (Å²) in [6.45, 7) is 1.74. The Kier molecular flexibility index (Phi) is 2.90. The van der Waals surface area contributed by atoms with Gasteiger partial charge in [-0.25, -0.2) is 0 Å². The normalized spacial score (nSPS) is 30.2. The topological polar surface area (TPSA) is 12.4 Å². The molecule has 1 nitrogen and oxygen atoms in total. The van der Waals surface area contributed by atoms with Crippen LogP contribution in [0.25, 0.3) is 0 Å². The van der Waals surface area contributed by atoms with Crippen LogP contribution in [0, 0.1) is 0 Å². The number of hydrogen-bond acceptors (Lipinski definition) is 1. The third kappa shape index (κ3) is 3.05. The first kappa shape index (κ1) is 10.0. The Morgan fingerprint density at radius 1 is 1.46 bits per heavy atom. The lowest BCUT2D eigenvalue weighted by molar-refractivity contribution is -0.0858. The van der Waals surface area contributed by atoms with Gasteiger partial charge < -0.3 is 0 Å². The molecule has 0 saturated carbocycles. The van der Waals surface area contributed by atoms with E-state index in [9.17, 15) is 13.2 Å². The summed E-state index contributed by atoms with van der Waals surface area (Å²) < 4.78 is 36.6. The average Bonchev–Trinajstić information content (AvgIpc) is 1.94. The maximum Gasteiger partial charge on any atom is 0.417 e. The van der Waals surface area contributed by atoms with E-state index in [1.54, 1.807) is 19.1 Å². The molecule has 0 aliphatic carbocycles. The van der Waals surface area contributed by atoms with Crippen molar-refractivity contribution in [2.24, 2.45) is 4.99 Å². The van der Waals surface area contributed by atoms with Gasteiger partial charge in [0.2, 0.25) is 0 Å². The third-order valence-electron chi connectivity index (χ3n) is 1.66. The second-order valence-electron chi connectivity index (χ2n) is 2.84. The van der Waals surface area contributed by atoms with Crippen LogP contribution in [-0.2, 0) is 0 Å². The number of rotatable bonds is 0. The van der Waals surface area contributed by atoms with Crippen LogP contribution in [0.1, 0.15) is 13.3 Å². The quantitative estimate of drug-likeness (QED) is 0.519. The highest BCUT2D eigenvalue weighted by Gasteiger charge is 2.32. The summed E-state index contributed by atoms with van der Waals surface area (Å²) in [5, 5.41) is 0. The first-order chi connectivity index (χ1) is 6.00. The molecule has 1 heterocycles. The van der Waals surface area contributed by atoms with Gasteiger partial charge in [0.05, 0.1) is 11.6 Å². The van der Waals surface area contributed by atoms with E-state index in [-0.39, 0.29) is 6.04 Å². The van der Waals surface area contributed by atoms with Gasteiger partial charge in [-0.3, -0.25) is 4.99 Å². The second kappa shape index (κ2) is 3.77. The van der Waals surface area contributed by atoms with Crippen molar-refractivity contribution >= 4 is 6.21 Å². The van der Waals surface area contributed by atoms with Crippen molar-refractivity contribution in [3.05, 3.63) is 23.8 Å². The van der Waals surface area contributed by atoms with Gasteiger partial charge in [-0.1, -0.05) is 18.2 Å². The summed E-state index contributed by atoms with van der Waals surface area (Å²) in [6.07, 6.45) is 1.52. The minimum Gasteiger partial charge on any atom is -0.285 e. The van der Waals surface area contributed by atoms with E-state index in [1.165, 1.54) is 0 Å². The Morgan fingerprint density at radius 3 is 2.77 bits per heavy atom. The summed E-state index contributed by atoms with van der Waals surface area (Å²) >= 11 is 0. The van der Waals surface area contributed by atoms with E-state index in [2.05, 4.69) is 4.99 Å². The van der Waals surface area contributed by atoms with Crippen LogP contribution in [0.15, 0.2) is 28.8 Å². The number of aliphatic imine (C=N–C) groups is 1. The molecule has 1 aliphatic heterocycles. The Labute approximate surface area is 74.7 Å². The van der Waals surface area contributed by atoms with Crippen LogP contribution in [0.3, 0.4) is 0 Å². The fourth-order valence-corrected chi connectivity index (χ4v) is 0.960. The van der Waals surface area contributed by atoms with Gasteiger partial charge in [-0.05, 0) is 13.3 Å². The average molecular weight is 189 g/mol. The lowest BCUT2D eigenvalue weighted by Crippen LogP contribution is -2.14. The van der Waals surface area contributed by atoms with Gasteiger partial charge in [0, 0.05) is 6.21 Å². The van der Waals surface area contributed by atoms with Gasteiger partial charge in [-0.15, -0.1) is 0 Å². The zero-order valence-electron chi connectivity index (χ0n) is 7.17. The highest BCUT2D eigenvalue weighted by atomic mass is 19.4. The first-order valence-electron chi connectivity index (χ1n) is 3.97. The summed E-state index contributed by atoms with van der Waals surface area (Å²) in [5.41, 5.74) is -0.663. The molecule has 0 aromatic rings. The molecule has 4 heteroatoms. The molecule has 1 atom stereocenters. The highest BCUT2D eigenvalue weighted by Crippen LogP contribution is 2.25. The van der Waals surface area contributed by atoms with E-state index in [4.69, 9.17) is 0 Å². The minimum atomic E-state index is -4.28. The summed E-state index contributed by atoms with van der Waals surface area (Å²) in [5.74, 6) is 0. The number of alkyl halides is 3. The summed E-state index contributed by atoms with van der Waals surface area (Å²) in [7, 11) is 0. The molecule has 0 amide bonds. The van der Waals surface area contributed by atoms with Crippen LogP contribution >= 0.6 is 0 Å². The number of hydrogen-bond donors (Lipinski definition) is 0. The van der Waals surface area contributed by atoms with Crippen LogP contribution in [0.2, 0.25) is 0 Å². The predicted octanol–water partition coefficient (Wildman–Crippen LogP) is 2.89. The van der Waals surface area contributed by atoms with Crippen LogP contribution in [-0.4, -0.2) is 18.4 Å². The molecular weight excluding hydrogens is 179 g/mol. The molecule has 0 aromatic heterocycles. The Bertz CT molecular complexity index is 261. The molecule has 0 saturated heterocycles. The molecule has 0 radical (unpaired) electrons. The van der Waals surface area contributed by atoms with Crippen molar-refractivity contribution in [2.75, 3.05) is 0 Å². The van der Waals surface area contributed by atoms with Crippen LogP contribution in [0.4, 0.5) is 13.2 Å². The van der Waals surface area contributed by atoms with Gasteiger partial charge in [0.1, 0.15) is 0 Å². The van der Waals surface area contributed by atoms with Gasteiger partial charge >= 0.3 is 6.18 Å². The van der Waals surface area contributed by atoms with Gasteiger partial charge in [0.15, 0.2) is 0 Å². The summed E-state index contributed by atoms with van der Waals surface area (Å²) in [4.78, 5) is 3.73. The molecule has 1 unspecified atom stereocenters. The van der Waals surface area contributed by atoms with Crippen molar-refractivity contribution in [3.63, 3.8) is 0 Å². The van der Waals surface area contributed by atoms with Crippen LogP contribution < -0.4 is 0 Å². The smallest absolute Gasteiger partial charge is 0.285 e. The van der Waals surface area contributed by atoms with Crippen molar-refractivity contribution in [2.45, 2.75) is 25.6 Å². The molecule has 13 heavy (non-hydrogen) atoms. The molecular formula is C9H10F3N. The number of halogens is 3. The lowest BCUT2D eigenvalue weighted by Gasteiger charge is -2.09. The molecule has 0 bridgehead atoms. The maximum absolute atomic E-state index is 12.2. The largest absolute Gasteiger partial charge is 0.417 e. The van der Waals surface area contributed by atoms with Crippen molar-refractivity contribution in [3.8, 4) is 0 Å². The Balaban J connectivity index is 2.87. The summed E-state index contributed by atoms with van der Waals surface area (Å²) in [6, 6.07) is -0.175. The number of nitrogens with zero attached hydrogens (tertiary/aromatic N) is 1. The van der Waals surface area contributed by atoms with E-state index >= 15 is 0 Å². The molecule has 72 valence electrons. The monoisotopic (exact) mass is 189 g/mol. The predicted molar refractivity (Wildman–Crippen MR) is 45.8 cm³/mol. The maximum atomic E-state index is 12.2. The molecule has 0 fully saturated rings. The zero-order chi connectivity index (χ0) is 9.90.